The zero-order valence-electron chi connectivity index (χ0n) is 14.8. The molecule has 0 aliphatic carbocycles. The molecule has 1 fully saturated rings. The van der Waals surface area contributed by atoms with Crippen LogP contribution in [0.3, 0.4) is 0 Å². The van der Waals surface area contributed by atoms with Crippen molar-refractivity contribution in [1.29, 1.82) is 0 Å². The Hall–Kier alpha value is -0.0400. The normalized spacial score (nSPS) is 31.9. The van der Waals surface area contributed by atoms with Gasteiger partial charge >= 0.3 is 0 Å². The molecule has 120 valence electrons. The van der Waals surface area contributed by atoms with Crippen LogP contribution in [0, 0.1) is 23.7 Å². The molecule has 0 bridgehead atoms. The third-order valence-corrected chi connectivity index (χ3v) is 5.45. The van der Waals surface area contributed by atoms with Crippen LogP contribution in [0.1, 0.15) is 86.0 Å². The molecule has 5 atom stereocenters. The maximum absolute atomic E-state index is 3.86. The zero-order valence-corrected chi connectivity index (χ0v) is 14.8. The van der Waals surface area contributed by atoms with E-state index in [1.165, 1.54) is 57.9 Å². The Bertz CT molecular complexity index is 224. The molecule has 0 aromatic carbocycles. The van der Waals surface area contributed by atoms with Crippen molar-refractivity contribution in [2.24, 2.45) is 23.7 Å². The first-order chi connectivity index (χ1) is 9.51. The van der Waals surface area contributed by atoms with E-state index in [1.807, 2.05) is 0 Å². The van der Waals surface area contributed by atoms with Gasteiger partial charge in [0.15, 0.2) is 0 Å². The van der Waals surface area contributed by atoms with E-state index in [9.17, 15) is 0 Å². The Balaban J connectivity index is 2.34. The summed E-state index contributed by atoms with van der Waals surface area (Å²) in [5.41, 5.74) is 0. The summed E-state index contributed by atoms with van der Waals surface area (Å²) >= 11 is 0. The summed E-state index contributed by atoms with van der Waals surface area (Å²) in [6, 6.07) is 0.768. The molecule has 0 aromatic rings. The van der Waals surface area contributed by atoms with Crippen molar-refractivity contribution in [1.82, 2.24) is 5.32 Å². The minimum atomic E-state index is 0.768. The van der Waals surface area contributed by atoms with Crippen molar-refractivity contribution in [2.45, 2.75) is 92.0 Å². The van der Waals surface area contributed by atoms with Gasteiger partial charge in [0, 0.05) is 6.04 Å². The molecule has 1 saturated heterocycles. The molecule has 1 nitrogen and oxygen atoms in total. The average molecular weight is 282 g/mol. The van der Waals surface area contributed by atoms with Gasteiger partial charge in [0.05, 0.1) is 0 Å². The lowest BCUT2D eigenvalue weighted by Crippen LogP contribution is -2.33. The van der Waals surface area contributed by atoms with Crippen molar-refractivity contribution < 1.29 is 0 Å². The van der Waals surface area contributed by atoms with Crippen molar-refractivity contribution >= 4 is 0 Å². The fourth-order valence-corrected chi connectivity index (χ4v) is 3.35. The molecule has 20 heavy (non-hydrogen) atoms. The quantitative estimate of drug-likeness (QED) is 0.664. The third-order valence-electron chi connectivity index (χ3n) is 5.45. The largest absolute Gasteiger partial charge is 0.314 e. The topological polar surface area (TPSA) is 12.0 Å². The number of rotatable bonds is 6. The molecule has 1 heteroatoms. The molecule has 1 heterocycles. The van der Waals surface area contributed by atoms with Crippen LogP contribution in [0.5, 0.6) is 0 Å². The highest BCUT2D eigenvalue weighted by Gasteiger charge is 2.18. The molecule has 0 spiro atoms. The van der Waals surface area contributed by atoms with Gasteiger partial charge in [0.2, 0.25) is 0 Å². The monoisotopic (exact) mass is 281 g/mol. The van der Waals surface area contributed by atoms with Crippen molar-refractivity contribution in [2.75, 3.05) is 6.54 Å². The Labute approximate surface area is 128 Å². The van der Waals surface area contributed by atoms with E-state index in [1.54, 1.807) is 0 Å². The molecular formula is C19H39N. The van der Waals surface area contributed by atoms with E-state index in [0.29, 0.717) is 0 Å². The highest BCUT2D eigenvalue weighted by molar-refractivity contribution is 4.75. The summed E-state index contributed by atoms with van der Waals surface area (Å²) in [5, 5.41) is 3.86. The van der Waals surface area contributed by atoms with E-state index in [2.05, 4.69) is 39.9 Å². The standard InChI is InChI=1S/C19H39N/c1-6-15(2)7-9-17(4)13-19-12-11-16(3)8-10-18(5)14-20-19/h15-20H,6-14H2,1-5H3. The van der Waals surface area contributed by atoms with Crippen LogP contribution in [0.25, 0.3) is 0 Å². The maximum atomic E-state index is 3.86. The van der Waals surface area contributed by atoms with Crippen LogP contribution in [0.2, 0.25) is 0 Å². The summed E-state index contributed by atoms with van der Waals surface area (Å²) in [7, 11) is 0. The van der Waals surface area contributed by atoms with Gasteiger partial charge < -0.3 is 5.32 Å². The van der Waals surface area contributed by atoms with Gasteiger partial charge in [-0.15, -0.1) is 0 Å². The predicted molar refractivity (Wildman–Crippen MR) is 91.1 cm³/mol. The van der Waals surface area contributed by atoms with Crippen LogP contribution in [0.15, 0.2) is 0 Å². The molecule has 0 radical (unpaired) electrons. The first-order valence-corrected chi connectivity index (χ1v) is 9.24. The lowest BCUT2D eigenvalue weighted by Gasteiger charge is -2.24. The molecule has 5 unspecified atom stereocenters. The molecule has 1 aliphatic heterocycles. The molecule has 0 amide bonds. The molecule has 1 rings (SSSR count). The van der Waals surface area contributed by atoms with Gasteiger partial charge in [-0.05, 0) is 55.9 Å². The van der Waals surface area contributed by atoms with Crippen molar-refractivity contribution in [3.63, 3.8) is 0 Å². The van der Waals surface area contributed by atoms with Gasteiger partial charge in [0.1, 0.15) is 0 Å². The predicted octanol–water partition coefficient (Wildman–Crippen LogP) is 5.64. The first kappa shape index (κ1) is 18.0. The van der Waals surface area contributed by atoms with Crippen LogP contribution in [0.4, 0.5) is 0 Å². The van der Waals surface area contributed by atoms with Crippen LogP contribution >= 0.6 is 0 Å². The van der Waals surface area contributed by atoms with Gasteiger partial charge in [-0.2, -0.15) is 0 Å². The average Bonchev–Trinajstić information content (AvgIpc) is 2.51. The third kappa shape index (κ3) is 7.67. The fraction of sp³-hybridized carbons (Fsp3) is 1.00. The highest BCUT2D eigenvalue weighted by Crippen LogP contribution is 2.24. The van der Waals surface area contributed by atoms with Gasteiger partial charge in [-0.3, -0.25) is 0 Å². The number of hydrogen-bond donors (Lipinski definition) is 1. The van der Waals surface area contributed by atoms with Crippen LogP contribution in [-0.2, 0) is 0 Å². The van der Waals surface area contributed by atoms with Crippen molar-refractivity contribution in [3.05, 3.63) is 0 Å². The molecule has 0 aromatic heterocycles. The Kier molecular flexibility index (Phi) is 8.84. The van der Waals surface area contributed by atoms with E-state index < -0.39 is 0 Å². The molecular weight excluding hydrogens is 242 g/mol. The van der Waals surface area contributed by atoms with E-state index in [-0.39, 0.29) is 0 Å². The second-order valence-corrected chi connectivity index (χ2v) is 7.90. The fourth-order valence-electron chi connectivity index (χ4n) is 3.35. The van der Waals surface area contributed by atoms with Gasteiger partial charge in [0.25, 0.3) is 0 Å². The van der Waals surface area contributed by atoms with E-state index in [4.69, 9.17) is 0 Å². The van der Waals surface area contributed by atoms with Gasteiger partial charge in [-0.1, -0.05) is 60.3 Å². The Morgan fingerprint density at radius 2 is 1.50 bits per heavy atom. The second kappa shape index (κ2) is 9.82. The smallest absolute Gasteiger partial charge is 0.00698 e. The summed E-state index contributed by atoms with van der Waals surface area (Å²) in [6.45, 7) is 13.3. The lowest BCUT2D eigenvalue weighted by molar-refractivity contribution is 0.328. The van der Waals surface area contributed by atoms with Gasteiger partial charge in [-0.25, -0.2) is 0 Å². The molecule has 0 saturated carbocycles. The Morgan fingerprint density at radius 1 is 0.900 bits per heavy atom. The minimum Gasteiger partial charge on any atom is -0.314 e. The second-order valence-electron chi connectivity index (χ2n) is 7.90. The lowest BCUT2D eigenvalue weighted by atomic mass is 9.89. The van der Waals surface area contributed by atoms with Crippen LogP contribution < -0.4 is 5.32 Å². The van der Waals surface area contributed by atoms with Crippen molar-refractivity contribution in [3.8, 4) is 0 Å². The Morgan fingerprint density at radius 3 is 2.20 bits per heavy atom. The first-order valence-electron chi connectivity index (χ1n) is 9.24. The van der Waals surface area contributed by atoms with E-state index in [0.717, 1.165) is 29.7 Å². The summed E-state index contributed by atoms with van der Waals surface area (Å²) in [5.74, 6) is 3.57. The molecule has 1 N–H and O–H groups in total. The summed E-state index contributed by atoms with van der Waals surface area (Å²) in [6.07, 6.45) is 11.2. The van der Waals surface area contributed by atoms with Crippen LogP contribution in [-0.4, -0.2) is 12.6 Å². The minimum absolute atomic E-state index is 0.768. The molecule has 1 aliphatic rings. The zero-order chi connectivity index (χ0) is 15.0. The SMILES string of the molecule is CCC(C)CCC(C)CC1CCC(C)CCC(C)CN1. The number of nitrogens with one attached hydrogen (secondary N) is 1. The van der Waals surface area contributed by atoms with E-state index >= 15 is 0 Å². The summed E-state index contributed by atoms with van der Waals surface area (Å²) < 4.78 is 0. The maximum Gasteiger partial charge on any atom is 0.00698 e. The number of hydrogen-bond acceptors (Lipinski definition) is 1. The highest BCUT2D eigenvalue weighted by atomic mass is 14.9. The summed E-state index contributed by atoms with van der Waals surface area (Å²) in [4.78, 5) is 0.